The van der Waals surface area contributed by atoms with Gasteiger partial charge in [0, 0.05) is 6.54 Å². The average molecular weight is 441 g/mol. The van der Waals surface area contributed by atoms with Crippen LogP contribution in [0.3, 0.4) is 0 Å². The summed E-state index contributed by atoms with van der Waals surface area (Å²) < 4.78 is 5.87. The molecule has 0 aliphatic rings. The Morgan fingerprint density at radius 3 is 2.06 bits per heavy atom. The molecule has 0 atom stereocenters. The van der Waals surface area contributed by atoms with Crippen molar-refractivity contribution >= 4 is 22.1 Å². The van der Waals surface area contributed by atoms with Crippen molar-refractivity contribution in [2.75, 3.05) is 0 Å². The highest BCUT2D eigenvalue weighted by atomic mass is 16.3. The quantitative estimate of drug-likeness (QED) is 0.387. The van der Waals surface area contributed by atoms with Gasteiger partial charge in [-0.2, -0.15) is 0 Å². The number of imidazole rings is 2. The Morgan fingerprint density at radius 1 is 0.788 bits per heavy atom. The molecule has 6 nitrogen and oxygen atoms in total. The lowest BCUT2D eigenvalue weighted by Crippen LogP contribution is -2.26. The van der Waals surface area contributed by atoms with Crippen molar-refractivity contribution in [2.24, 2.45) is 5.92 Å². The van der Waals surface area contributed by atoms with Crippen molar-refractivity contribution in [3.8, 4) is 5.75 Å². The second-order valence-electron chi connectivity index (χ2n) is 8.96. The van der Waals surface area contributed by atoms with Gasteiger partial charge in [-0.3, -0.25) is 9.13 Å². The predicted octanol–water partition coefficient (Wildman–Crippen LogP) is 5.00. The highest BCUT2D eigenvalue weighted by molar-refractivity contribution is 5.77. The molecular formula is C27H28N4O2. The van der Waals surface area contributed by atoms with Crippen LogP contribution in [-0.2, 0) is 19.6 Å². The molecule has 0 aliphatic heterocycles. The number of aromatic hydroxyl groups is 1. The molecule has 0 saturated carbocycles. The molecule has 5 rings (SSSR count). The minimum absolute atomic E-state index is 0.0632. The summed E-state index contributed by atoms with van der Waals surface area (Å²) in [7, 11) is 0. The van der Waals surface area contributed by atoms with Crippen LogP contribution in [0, 0.1) is 5.92 Å². The van der Waals surface area contributed by atoms with E-state index < -0.39 is 0 Å². The van der Waals surface area contributed by atoms with Crippen molar-refractivity contribution in [1.29, 1.82) is 0 Å². The molecule has 0 unspecified atom stereocenters. The van der Waals surface area contributed by atoms with Crippen molar-refractivity contribution in [3.63, 3.8) is 0 Å². The van der Waals surface area contributed by atoms with Crippen LogP contribution in [0.2, 0.25) is 0 Å². The largest absolute Gasteiger partial charge is 0.508 e. The first-order chi connectivity index (χ1) is 16.0. The summed E-state index contributed by atoms with van der Waals surface area (Å²) in [5, 5.41) is 9.60. The van der Waals surface area contributed by atoms with Gasteiger partial charge in [-0.25, -0.2) is 9.78 Å². The smallest absolute Gasteiger partial charge is 0.329 e. The second-order valence-corrected chi connectivity index (χ2v) is 8.96. The van der Waals surface area contributed by atoms with E-state index in [2.05, 4.69) is 24.5 Å². The average Bonchev–Trinajstić information content (AvgIpc) is 3.29. The van der Waals surface area contributed by atoms with Crippen LogP contribution in [0.1, 0.15) is 31.7 Å². The number of phenolic OH excluding ortho intramolecular Hbond substituents is 1. The molecular weight excluding hydrogens is 412 g/mol. The van der Waals surface area contributed by atoms with Gasteiger partial charge in [0.15, 0.2) is 0 Å². The minimum Gasteiger partial charge on any atom is -0.508 e. The molecule has 0 spiro atoms. The SMILES string of the molecule is CC(C)CCn1c(Cn2c(=O)n(Cc3ccc(O)cc3)c3ccccc32)nc2ccccc21. The molecule has 2 aromatic heterocycles. The number of aromatic nitrogens is 4. The summed E-state index contributed by atoms with van der Waals surface area (Å²) in [6, 6.07) is 23.1. The molecule has 2 heterocycles. The Kier molecular flexibility index (Phi) is 5.50. The number of para-hydroxylation sites is 4. The summed E-state index contributed by atoms with van der Waals surface area (Å²) >= 11 is 0. The maximum atomic E-state index is 13.6. The standard InChI is InChI=1S/C27H28N4O2/c1-19(2)15-16-29-23-8-4-3-7-22(23)28-26(29)18-31-25-10-6-5-9-24(25)30(27(31)33)17-20-11-13-21(32)14-12-20/h3-14,19,32H,15-18H2,1-2H3. The maximum absolute atomic E-state index is 13.6. The third-order valence-corrected chi connectivity index (χ3v) is 6.17. The van der Waals surface area contributed by atoms with E-state index in [-0.39, 0.29) is 11.4 Å². The fraction of sp³-hybridized carbons (Fsp3) is 0.259. The van der Waals surface area contributed by atoms with E-state index in [1.807, 2.05) is 59.2 Å². The topological polar surface area (TPSA) is 65.0 Å². The van der Waals surface area contributed by atoms with Crippen LogP contribution in [0.4, 0.5) is 0 Å². The zero-order valence-corrected chi connectivity index (χ0v) is 19.0. The third-order valence-electron chi connectivity index (χ3n) is 6.17. The summed E-state index contributed by atoms with van der Waals surface area (Å²) in [4.78, 5) is 18.5. The Balaban J connectivity index is 1.59. The van der Waals surface area contributed by atoms with Crippen LogP contribution < -0.4 is 5.69 Å². The summed E-state index contributed by atoms with van der Waals surface area (Å²) in [5.41, 5.74) is 4.74. The van der Waals surface area contributed by atoms with E-state index in [4.69, 9.17) is 4.98 Å². The fourth-order valence-corrected chi connectivity index (χ4v) is 4.39. The molecule has 33 heavy (non-hydrogen) atoms. The van der Waals surface area contributed by atoms with Gasteiger partial charge in [0.25, 0.3) is 0 Å². The maximum Gasteiger partial charge on any atom is 0.329 e. The molecule has 0 radical (unpaired) electrons. The number of aryl methyl sites for hydroxylation is 1. The lowest BCUT2D eigenvalue weighted by atomic mass is 10.1. The second kappa shape index (κ2) is 8.62. The van der Waals surface area contributed by atoms with Crippen molar-refractivity contribution in [3.05, 3.63) is 94.7 Å². The first-order valence-corrected chi connectivity index (χ1v) is 11.4. The van der Waals surface area contributed by atoms with Crippen LogP contribution in [0.25, 0.3) is 22.1 Å². The molecule has 1 N–H and O–H groups in total. The number of phenols is 1. The molecule has 5 aromatic rings. The van der Waals surface area contributed by atoms with Gasteiger partial charge in [0.1, 0.15) is 11.6 Å². The fourth-order valence-electron chi connectivity index (χ4n) is 4.39. The number of benzene rings is 3. The van der Waals surface area contributed by atoms with Gasteiger partial charge in [-0.05, 0) is 54.3 Å². The van der Waals surface area contributed by atoms with E-state index in [0.29, 0.717) is 19.0 Å². The van der Waals surface area contributed by atoms with E-state index in [1.54, 1.807) is 16.7 Å². The van der Waals surface area contributed by atoms with Gasteiger partial charge in [-0.1, -0.05) is 50.2 Å². The summed E-state index contributed by atoms with van der Waals surface area (Å²) in [5.74, 6) is 1.69. The number of nitrogens with zero attached hydrogens (tertiary/aromatic N) is 4. The van der Waals surface area contributed by atoms with E-state index in [0.717, 1.165) is 46.4 Å². The molecule has 0 saturated heterocycles. The number of hydrogen-bond acceptors (Lipinski definition) is 3. The zero-order chi connectivity index (χ0) is 22.9. The molecule has 0 fully saturated rings. The molecule has 0 amide bonds. The van der Waals surface area contributed by atoms with Gasteiger partial charge in [0.2, 0.25) is 0 Å². The number of rotatable bonds is 7. The zero-order valence-electron chi connectivity index (χ0n) is 19.0. The Bertz CT molecular complexity index is 1470. The Morgan fingerprint density at radius 2 is 1.39 bits per heavy atom. The number of hydrogen-bond donors (Lipinski definition) is 1. The predicted molar refractivity (Wildman–Crippen MR) is 132 cm³/mol. The lowest BCUT2D eigenvalue weighted by Gasteiger charge is -2.11. The molecule has 0 bridgehead atoms. The normalized spacial score (nSPS) is 11.7. The molecule has 3 aromatic carbocycles. The summed E-state index contributed by atoms with van der Waals surface area (Å²) in [6.45, 7) is 6.17. The van der Waals surface area contributed by atoms with Crippen LogP contribution in [-0.4, -0.2) is 23.8 Å². The Hall–Kier alpha value is -3.80. The van der Waals surface area contributed by atoms with Crippen LogP contribution >= 0.6 is 0 Å². The number of fused-ring (bicyclic) bond motifs is 2. The van der Waals surface area contributed by atoms with Crippen molar-refractivity contribution < 1.29 is 5.11 Å². The first kappa shape index (κ1) is 21.1. The minimum atomic E-state index is -0.0632. The van der Waals surface area contributed by atoms with E-state index in [1.165, 1.54) is 0 Å². The van der Waals surface area contributed by atoms with Crippen LogP contribution in [0.15, 0.2) is 77.6 Å². The first-order valence-electron chi connectivity index (χ1n) is 11.4. The summed E-state index contributed by atoms with van der Waals surface area (Å²) in [6.07, 6.45) is 1.05. The molecule has 168 valence electrons. The van der Waals surface area contributed by atoms with Gasteiger partial charge >= 0.3 is 5.69 Å². The van der Waals surface area contributed by atoms with Gasteiger partial charge in [-0.15, -0.1) is 0 Å². The van der Waals surface area contributed by atoms with Gasteiger partial charge in [0.05, 0.1) is 35.2 Å². The van der Waals surface area contributed by atoms with Crippen molar-refractivity contribution in [1.82, 2.24) is 18.7 Å². The molecule has 0 aliphatic carbocycles. The highest BCUT2D eigenvalue weighted by Crippen LogP contribution is 2.21. The highest BCUT2D eigenvalue weighted by Gasteiger charge is 2.17. The van der Waals surface area contributed by atoms with Gasteiger partial charge < -0.3 is 9.67 Å². The monoisotopic (exact) mass is 440 g/mol. The van der Waals surface area contributed by atoms with Crippen molar-refractivity contribution in [2.45, 2.75) is 39.9 Å². The third kappa shape index (κ3) is 4.04. The Labute approximate surface area is 192 Å². The molecule has 6 heteroatoms. The van der Waals surface area contributed by atoms with E-state index >= 15 is 0 Å². The van der Waals surface area contributed by atoms with E-state index in [9.17, 15) is 9.90 Å². The van der Waals surface area contributed by atoms with Crippen LogP contribution in [0.5, 0.6) is 5.75 Å². The lowest BCUT2D eigenvalue weighted by molar-refractivity contribution is 0.475.